The number of rotatable bonds is 0. The lowest BCUT2D eigenvalue weighted by Crippen LogP contribution is -2.16. The van der Waals surface area contributed by atoms with Gasteiger partial charge in [-0.2, -0.15) is 0 Å². The molecule has 13 heavy (non-hydrogen) atoms. The van der Waals surface area contributed by atoms with Crippen LogP contribution in [0.4, 0.5) is 0 Å². The molecule has 3 nitrogen and oxygen atoms in total. The first-order chi connectivity index (χ1) is 6.18. The fraction of sp³-hybridized carbons (Fsp3) is 0.111. The zero-order chi connectivity index (χ0) is 9.42. The van der Waals surface area contributed by atoms with Crippen LogP contribution >= 0.6 is 11.6 Å². The molecule has 4 heteroatoms. The van der Waals surface area contributed by atoms with E-state index in [4.69, 9.17) is 11.6 Å². The SMILES string of the molecule is Cn1c(=O)cnc2ccc(Cl)cc21. The van der Waals surface area contributed by atoms with Crippen LogP contribution in [0.2, 0.25) is 5.02 Å². The average molecular weight is 195 g/mol. The topological polar surface area (TPSA) is 34.9 Å². The number of fused-ring (bicyclic) bond motifs is 1. The summed E-state index contributed by atoms with van der Waals surface area (Å²) in [5, 5.41) is 0.607. The van der Waals surface area contributed by atoms with Gasteiger partial charge in [0, 0.05) is 12.1 Å². The second kappa shape index (κ2) is 2.85. The summed E-state index contributed by atoms with van der Waals surface area (Å²) < 4.78 is 1.52. The summed E-state index contributed by atoms with van der Waals surface area (Å²) in [6.07, 6.45) is 1.30. The number of halogens is 1. The molecule has 0 aliphatic rings. The molecule has 2 rings (SSSR count). The number of hydrogen-bond donors (Lipinski definition) is 0. The summed E-state index contributed by atoms with van der Waals surface area (Å²) in [5.74, 6) is 0. The van der Waals surface area contributed by atoms with Gasteiger partial charge in [-0.25, -0.2) is 4.98 Å². The van der Waals surface area contributed by atoms with Crippen molar-refractivity contribution in [1.82, 2.24) is 9.55 Å². The van der Waals surface area contributed by atoms with Crippen molar-refractivity contribution in [1.29, 1.82) is 0 Å². The van der Waals surface area contributed by atoms with Gasteiger partial charge in [-0.3, -0.25) is 4.79 Å². The zero-order valence-corrected chi connectivity index (χ0v) is 7.75. The van der Waals surface area contributed by atoms with Crippen molar-refractivity contribution in [3.63, 3.8) is 0 Å². The molecule has 0 amide bonds. The standard InChI is InChI=1S/C9H7ClN2O/c1-12-8-4-6(10)2-3-7(8)11-5-9(12)13/h2-5H,1H3. The summed E-state index contributed by atoms with van der Waals surface area (Å²) in [6.45, 7) is 0. The minimum absolute atomic E-state index is 0.130. The van der Waals surface area contributed by atoms with Crippen LogP contribution < -0.4 is 5.56 Å². The zero-order valence-electron chi connectivity index (χ0n) is 6.99. The van der Waals surface area contributed by atoms with Gasteiger partial charge in [0.25, 0.3) is 5.56 Å². The van der Waals surface area contributed by atoms with Gasteiger partial charge in [-0.05, 0) is 18.2 Å². The van der Waals surface area contributed by atoms with Crippen LogP contribution in [0.5, 0.6) is 0 Å². The van der Waals surface area contributed by atoms with E-state index < -0.39 is 0 Å². The molecule has 0 fully saturated rings. The maximum absolute atomic E-state index is 11.2. The molecule has 2 aromatic rings. The van der Waals surface area contributed by atoms with Gasteiger partial charge in [0.2, 0.25) is 0 Å². The van der Waals surface area contributed by atoms with Crippen molar-refractivity contribution < 1.29 is 0 Å². The number of aryl methyl sites for hydroxylation is 1. The third kappa shape index (κ3) is 1.31. The summed E-state index contributed by atoms with van der Waals surface area (Å²) in [4.78, 5) is 15.2. The van der Waals surface area contributed by atoms with E-state index in [9.17, 15) is 4.79 Å². The second-order valence-electron chi connectivity index (χ2n) is 2.79. The Bertz CT molecular complexity index is 518. The van der Waals surface area contributed by atoms with Crippen LogP contribution in [0.1, 0.15) is 0 Å². The average Bonchev–Trinajstić information content (AvgIpc) is 2.12. The lowest BCUT2D eigenvalue weighted by atomic mass is 10.3. The van der Waals surface area contributed by atoms with Gasteiger partial charge >= 0.3 is 0 Å². The summed E-state index contributed by atoms with van der Waals surface area (Å²) in [7, 11) is 1.70. The Morgan fingerprint density at radius 3 is 3.00 bits per heavy atom. The van der Waals surface area contributed by atoms with Crippen molar-refractivity contribution in [2.24, 2.45) is 7.05 Å². The van der Waals surface area contributed by atoms with Crippen LogP contribution in [-0.4, -0.2) is 9.55 Å². The summed E-state index contributed by atoms with van der Waals surface area (Å²) in [6, 6.07) is 5.27. The van der Waals surface area contributed by atoms with Gasteiger partial charge in [-0.15, -0.1) is 0 Å². The highest BCUT2D eigenvalue weighted by Gasteiger charge is 2.00. The van der Waals surface area contributed by atoms with E-state index in [1.807, 2.05) is 0 Å². The van der Waals surface area contributed by atoms with Crippen LogP contribution in [0.15, 0.2) is 29.2 Å². The number of aromatic nitrogens is 2. The van der Waals surface area contributed by atoms with Gasteiger partial charge in [0.15, 0.2) is 0 Å². The molecule has 0 unspecified atom stereocenters. The Hall–Kier alpha value is -1.35. The van der Waals surface area contributed by atoms with E-state index in [0.29, 0.717) is 5.02 Å². The quantitative estimate of drug-likeness (QED) is 0.639. The predicted octanol–water partition coefficient (Wildman–Crippen LogP) is 1.59. The maximum Gasteiger partial charge on any atom is 0.269 e. The Morgan fingerprint density at radius 2 is 2.23 bits per heavy atom. The summed E-state index contributed by atoms with van der Waals surface area (Å²) in [5.41, 5.74) is 1.39. The van der Waals surface area contributed by atoms with E-state index in [-0.39, 0.29) is 5.56 Å². The molecule has 1 aromatic heterocycles. The molecule has 0 spiro atoms. The van der Waals surface area contributed by atoms with E-state index in [1.54, 1.807) is 25.2 Å². The van der Waals surface area contributed by atoms with E-state index in [1.165, 1.54) is 10.8 Å². The van der Waals surface area contributed by atoms with Crippen molar-refractivity contribution in [3.05, 3.63) is 39.8 Å². The minimum atomic E-state index is -0.130. The molecule has 0 aliphatic carbocycles. The minimum Gasteiger partial charge on any atom is -0.308 e. The first-order valence-corrected chi connectivity index (χ1v) is 4.17. The lowest BCUT2D eigenvalue weighted by molar-refractivity contribution is 0.892. The molecule has 0 saturated carbocycles. The maximum atomic E-state index is 11.2. The molecule has 0 atom stereocenters. The van der Waals surface area contributed by atoms with Crippen molar-refractivity contribution >= 4 is 22.6 Å². The highest BCUT2D eigenvalue weighted by molar-refractivity contribution is 6.31. The Balaban J connectivity index is 2.97. The number of benzene rings is 1. The molecule has 1 heterocycles. The number of nitrogens with zero attached hydrogens (tertiary/aromatic N) is 2. The molecule has 0 saturated heterocycles. The van der Waals surface area contributed by atoms with Crippen LogP contribution in [0.25, 0.3) is 11.0 Å². The molecular formula is C9H7ClN2O. The predicted molar refractivity (Wildman–Crippen MR) is 52.0 cm³/mol. The second-order valence-corrected chi connectivity index (χ2v) is 3.22. The van der Waals surface area contributed by atoms with Gasteiger partial charge in [-0.1, -0.05) is 11.6 Å². The molecular weight excluding hydrogens is 188 g/mol. The third-order valence-corrected chi connectivity index (χ3v) is 2.18. The Morgan fingerprint density at radius 1 is 1.46 bits per heavy atom. The van der Waals surface area contributed by atoms with Gasteiger partial charge in [0.1, 0.15) is 0 Å². The monoisotopic (exact) mass is 194 g/mol. The smallest absolute Gasteiger partial charge is 0.269 e. The normalized spacial score (nSPS) is 10.6. The highest BCUT2D eigenvalue weighted by Crippen LogP contribution is 2.14. The largest absolute Gasteiger partial charge is 0.308 e. The number of hydrogen-bond acceptors (Lipinski definition) is 2. The van der Waals surface area contributed by atoms with Gasteiger partial charge in [0.05, 0.1) is 17.2 Å². The summed E-state index contributed by atoms with van der Waals surface area (Å²) >= 11 is 5.80. The highest BCUT2D eigenvalue weighted by atomic mass is 35.5. The van der Waals surface area contributed by atoms with Crippen LogP contribution in [-0.2, 0) is 7.05 Å². The van der Waals surface area contributed by atoms with Crippen molar-refractivity contribution in [2.45, 2.75) is 0 Å². The fourth-order valence-electron chi connectivity index (χ4n) is 1.20. The van der Waals surface area contributed by atoms with E-state index >= 15 is 0 Å². The molecule has 0 bridgehead atoms. The van der Waals surface area contributed by atoms with Crippen molar-refractivity contribution in [3.8, 4) is 0 Å². The van der Waals surface area contributed by atoms with Gasteiger partial charge < -0.3 is 4.57 Å². The third-order valence-electron chi connectivity index (χ3n) is 1.94. The molecule has 1 aromatic carbocycles. The first kappa shape index (κ1) is 8.26. The van der Waals surface area contributed by atoms with E-state index in [2.05, 4.69) is 4.98 Å². The van der Waals surface area contributed by atoms with E-state index in [0.717, 1.165) is 11.0 Å². The Kier molecular flexibility index (Phi) is 1.81. The van der Waals surface area contributed by atoms with Crippen molar-refractivity contribution in [2.75, 3.05) is 0 Å². The lowest BCUT2D eigenvalue weighted by Gasteiger charge is -2.02. The fourth-order valence-corrected chi connectivity index (χ4v) is 1.37. The van der Waals surface area contributed by atoms with Crippen LogP contribution in [0, 0.1) is 0 Å². The Labute approximate surface area is 79.6 Å². The molecule has 0 radical (unpaired) electrons. The van der Waals surface area contributed by atoms with Crippen LogP contribution in [0.3, 0.4) is 0 Å². The molecule has 66 valence electrons. The molecule has 0 aliphatic heterocycles. The first-order valence-electron chi connectivity index (χ1n) is 3.80. The molecule has 0 N–H and O–H groups in total.